The summed E-state index contributed by atoms with van der Waals surface area (Å²) in [5.74, 6) is 0.565. The predicted molar refractivity (Wildman–Crippen MR) is 72.3 cm³/mol. The molecule has 1 aromatic heterocycles. The van der Waals surface area contributed by atoms with Crippen LogP contribution in [-0.2, 0) is 10.3 Å². The fraction of sp³-hybridized carbons (Fsp3) is 0.429. The Hall–Kier alpha value is -2.08. The van der Waals surface area contributed by atoms with Gasteiger partial charge in [-0.25, -0.2) is 0 Å². The summed E-state index contributed by atoms with van der Waals surface area (Å²) in [5, 5.41) is 23.2. The summed E-state index contributed by atoms with van der Waals surface area (Å²) in [7, 11) is 1.61. The third-order valence-corrected chi connectivity index (χ3v) is 3.58. The fourth-order valence-corrected chi connectivity index (χ4v) is 2.16. The predicted octanol–water partition coefficient (Wildman–Crippen LogP) is 2.81. The van der Waals surface area contributed by atoms with Gasteiger partial charge in [-0.2, -0.15) is 4.98 Å². The lowest BCUT2D eigenvalue weighted by atomic mass is 9.96. The van der Waals surface area contributed by atoms with E-state index in [0.29, 0.717) is 24.2 Å². The molecule has 6 heteroatoms. The van der Waals surface area contributed by atoms with E-state index in [-0.39, 0.29) is 17.4 Å². The highest BCUT2D eigenvalue weighted by Crippen LogP contribution is 2.35. The highest BCUT2D eigenvalue weighted by atomic mass is 16.5. The molecule has 2 aromatic rings. The van der Waals surface area contributed by atoms with Crippen LogP contribution in [0.1, 0.15) is 32.5 Å². The van der Waals surface area contributed by atoms with Gasteiger partial charge in [-0.15, -0.1) is 0 Å². The molecular formula is C14H18N2O4. The van der Waals surface area contributed by atoms with Crippen molar-refractivity contribution in [2.24, 2.45) is 0 Å². The molecule has 0 bridgehead atoms. The Bertz CT molecular complexity index is 582. The van der Waals surface area contributed by atoms with Gasteiger partial charge in [0.05, 0.1) is 5.56 Å². The summed E-state index contributed by atoms with van der Waals surface area (Å²) in [5.41, 5.74) is -0.310. The number of ether oxygens (including phenoxy) is 1. The number of rotatable bonds is 5. The van der Waals surface area contributed by atoms with E-state index in [1.165, 1.54) is 18.2 Å². The van der Waals surface area contributed by atoms with E-state index in [4.69, 9.17) is 9.26 Å². The zero-order valence-corrected chi connectivity index (χ0v) is 11.8. The standard InChI is InChI=1S/C14H18N2O4/c1-4-14(5-2,19-3)13-15-12(20-16-13)10-8-9(17)6-7-11(10)18/h6-8,17-18H,4-5H2,1-3H3. The molecule has 0 aliphatic carbocycles. The van der Waals surface area contributed by atoms with E-state index in [9.17, 15) is 10.2 Å². The second kappa shape index (κ2) is 5.50. The normalized spacial score (nSPS) is 11.8. The van der Waals surface area contributed by atoms with E-state index in [0.717, 1.165) is 0 Å². The Morgan fingerprint density at radius 3 is 2.55 bits per heavy atom. The number of benzene rings is 1. The van der Waals surface area contributed by atoms with Gasteiger partial charge in [0.1, 0.15) is 17.1 Å². The maximum atomic E-state index is 9.80. The van der Waals surface area contributed by atoms with Crippen molar-refractivity contribution in [1.82, 2.24) is 10.1 Å². The lowest BCUT2D eigenvalue weighted by Crippen LogP contribution is -2.28. The van der Waals surface area contributed by atoms with Gasteiger partial charge in [0.15, 0.2) is 0 Å². The first-order valence-electron chi connectivity index (χ1n) is 6.48. The van der Waals surface area contributed by atoms with Gasteiger partial charge in [-0.3, -0.25) is 0 Å². The second-order valence-corrected chi connectivity index (χ2v) is 4.53. The van der Waals surface area contributed by atoms with Crippen molar-refractivity contribution in [3.8, 4) is 23.0 Å². The molecule has 20 heavy (non-hydrogen) atoms. The number of hydrogen-bond acceptors (Lipinski definition) is 6. The zero-order chi connectivity index (χ0) is 14.8. The molecule has 0 aliphatic heterocycles. The number of methoxy groups -OCH3 is 1. The van der Waals surface area contributed by atoms with Crippen LogP contribution in [0.2, 0.25) is 0 Å². The molecule has 0 atom stereocenters. The minimum Gasteiger partial charge on any atom is -0.508 e. The largest absolute Gasteiger partial charge is 0.508 e. The van der Waals surface area contributed by atoms with Gasteiger partial charge in [0.2, 0.25) is 5.82 Å². The van der Waals surface area contributed by atoms with Crippen LogP contribution in [0.3, 0.4) is 0 Å². The van der Waals surface area contributed by atoms with E-state index in [1.54, 1.807) is 7.11 Å². The quantitative estimate of drug-likeness (QED) is 0.817. The second-order valence-electron chi connectivity index (χ2n) is 4.53. The van der Waals surface area contributed by atoms with E-state index >= 15 is 0 Å². The van der Waals surface area contributed by atoms with Gasteiger partial charge >= 0.3 is 0 Å². The van der Waals surface area contributed by atoms with Crippen LogP contribution >= 0.6 is 0 Å². The molecule has 0 fully saturated rings. The molecule has 0 aliphatic rings. The summed E-state index contributed by atoms with van der Waals surface area (Å²) in [6.45, 7) is 3.96. The molecule has 1 heterocycles. The van der Waals surface area contributed by atoms with Crippen LogP contribution in [0.15, 0.2) is 22.7 Å². The monoisotopic (exact) mass is 278 g/mol. The number of phenols is 2. The van der Waals surface area contributed by atoms with Crippen molar-refractivity contribution in [1.29, 1.82) is 0 Å². The van der Waals surface area contributed by atoms with Crippen molar-refractivity contribution in [3.05, 3.63) is 24.0 Å². The average Bonchev–Trinajstić information content (AvgIpc) is 2.94. The number of hydrogen-bond donors (Lipinski definition) is 2. The smallest absolute Gasteiger partial charge is 0.261 e. The number of phenolic OH excluding ortho intramolecular Hbond substituents is 2. The molecule has 0 unspecified atom stereocenters. The first-order valence-corrected chi connectivity index (χ1v) is 6.48. The van der Waals surface area contributed by atoms with Crippen molar-refractivity contribution < 1.29 is 19.5 Å². The summed E-state index contributed by atoms with van der Waals surface area (Å²) >= 11 is 0. The summed E-state index contributed by atoms with van der Waals surface area (Å²) in [4.78, 5) is 4.29. The number of aromatic hydroxyl groups is 2. The Morgan fingerprint density at radius 2 is 1.95 bits per heavy atom. The molecule has 2 N–H and O–H groups in total. The Morgan fingerprint density at radius 1 is 1.25 bits per heavy atom. The van der Waals surface area contributed by atoms with Gasteiger partial charge in [-0.05, 0) is 31.0 Å². The summed E-state index contributed by atoms with van der Waals surface area (Å²) in [6, 6.07) is 4.13. The molecule has 0 saturated carbocycles. The highest BCUT2D eigenvalue weighted by molar-refractivity contribution is 5.64. The van der Waals surface area contributed by atoms with Crippen molar-refractivity contribution >= 4 is 0 Å². The van der Waals surface area contributed by atoms with Crippen molar-refractivity contribution in [3.63, 3.8) is 0 Å². The van der Waals surface area contributed by atoms with Crippen LogP contribution in [0.5, 0.6) is 11.5 Å². The lowest BCUT2D eigenvalue weighted by Gasteiger charge is -2.25. The fourth-order valence-electron chi connectivity index (χ4n) is 2.16. The van der Waals surface area contributed by atoms with Crippen LogP contribution in [0.25, 0.3) is 11.5 Å². The summed E-state index contributed by atoms with van der Waals surface area (Å²) in [6.07, 6.45) is 1.40. The van der Waals surface area contributed by atoms with E-state index in [1.807, 2.05) is 13.8 Å². The Kier molecular flexibility index (Phi) is 3.94. The average molecular weight is 278 g/mol. The molecule has 2 rings (SSSR count). The minimum absolute atomic E-state index is 0.0153. The Labute approximate surface area is 117 Å². The molecule has 108 valence electrons. The molecule has 1 aromatic carbocycles. The third kappa shape index (κ3) is 2.34. The first-order chi connectivity index (χ1) is 9.56. The number of aromatic nitrogens is 2. The minimum atomic E-state index is -0.603. The third-order valence-electron chi connectivity index (χ3n) is 3.58. The van der Waals surface area contributed by atoms with Gasteiger partial charge < -0.3 is 19.5 Å². The first kappa shape index (κ1) is 14.3. The lowest BCUT2D eigenvalue weighted by molar-refractivity contribution is -0.0306. The van der Waals surface area contributed by atoms with Crippen LogP contribution in [-0.4, -0.2) is 27.5 Å². The van der Waals surface area contributed by atoms with Gasteiger partial charge in [0.25, 0.3) is 5.89 Å². The zero-order valence-electron chi connectivity index (χ0n) is 11.8. The topological polar surface area (TPSA) is 88.6 Å². The molecule has 0 spiro atoms. The van der Waals surface area contributed by atoms with Crippen molar-refractivity contribution in [2.45, 2.75) is 32.3 Å². The van der Waals surface area contributed by atoms with Gasteiger partial charge in [0, 0.05) is 7.11 Å². The molecule has 6 nitrogen and oxygen atoms in total. The maximum Gasteiger partial charge on any atom is 0.261 e. The maximum absolute atomic E-state index is 9.80. The van der Waals surface area contributed by atoms with Gasteiger partial charge in [-0.1, -0.05) is 19.0 Å². The highest BCUT2D eigenvalue weighted by Gasteiger charge is 2.34. The van der Waals surface area contributed by atoms with Crippen LogP contribution < -0.4 is 0 Å². The van der Waals surface area contributed by atoms with E-state index in [2.05, 4.69) is 10.1 Å². The van der Waals surface area contributed by atoms with Crippen LogP contribution in [0, 0.1) is 0 Å². The number of nitrogens with zero attached hydrogens (tertiary/aromatic N) is 2. The molecule has 0 amide bonds. The molecular weight excluding hydrogens is 260 g/mol. The molecule has 0 saturated heterocycles. The molecule has 0 radical (unpaired) electrons. The Balaban J connectivity index is 2.45. The SMILES string of the molecule is CCC(CC)(OC)c1noc(-c2cc(O)ccc2O)n1. The summed E-state index contributed by atoms with van der Waals surface area (Å²) < 4.78 is 10.7. The van der Waals surface area contributed by atoms with Crippen molar-refractivity contribution in [2.75, 3.05) is 7.11 Å². The van der Waals surface area contributed by atoms with E-state index < -0.39 is 5.60 Å². The van der Waals surface area contributed by atoms with Crippen LogP contribution in [0.4, 0.5) is 0 Å².